The molecule has 1 amide bonds. The molecule has 2 aromatic carbocycles. The third-order valence-corrected chi connectivity index (χ3v) is 5.05. The summed E-state index contributed by atoms with van der Waals surface area (Å²) in [6, 6.07) is 15.2. The van der Waals surface area contributed by atoms with Crippen LogP contribution in [-0.2, 0) is 14.3 Å². The fraction of sp³-hybridized carbons (Fsp3) is 0.300. The Balaban J connectivity index is 1.34. The number of ether oxygens (including phenoxy) is 3. The average Bonchev–Trinajstić information content (AvgIpc) is 2.70. The second kappa shape index (κ2) is 9.32. The minimum Gasteiger partial charge on any atom is -0.486 e. The third-order valence-electron chi connectivity index (χ3n) is 3.90. The molecule has 0 unspecified atom stereocenters. The van der Waals surface area contributed by atoms with Gasteiger partial charge in [-0.2, -0.15) is 0 Å². The van der Waals surface area contributed by atoms with Crippen molar-refractivity contribution in [2.45, 2.75) is 17.9 Å². The molecule has 7 heteroatoms. The molecule has 2 aromatic rings. The molecule has 6 nitrogen and oxygen atoms in total. The molecule has 0 spiro atoms. The molecule has 0 bridgehead atoms. The summed E-state index contributed by atoms with van der Waals surface area (Å²) in [5.74, 6) is 0.716. The van der Waals surface area contributed by atoms with Crippen molar-refractivity contribution >= 4 is 23.6 Å². The van der Waals surface area contributed by atoms with E-state index in [1.54, 1.807) is 0 Å². The highest BCUT2D eigenvalue weighted by molar-refractivity contribution is 8.00. The summed E-state index contributed by atoms with van der Waals surface area (Å²) in [6.07, 6.45) is -0.281. The largest absolute Gasteiger partial charge is 0.486 e. The lowest BCUT2D eigenvalue weighted by Gasteiger charge is -2.26. The molecular weight excluding hydrogens is 366 g/mol. The smallest absolute Gasteiger partial charge is 0.316 e. The number of esters is 1. The number of hydrogen-bond donors (Lipinski definition) is 1. The summed E-state index contributed by atoms with van der Waals surface area (Å²) >= 11 is 1.39. The number of thioether (sulfide) groups is 1. The van der Waals surface area contributed by atoms with E-state index in [1.165, 1.54) is 11.8 Å². The van der Waals surface area contributed by atoms with Gasteiger partial charge in [-0.15, -0.1) is 11.8 Å². The number of aryl methyl sites for hydroxylation is 1. The zero-order valence-corrected chi connectivity index (χ0v) is 15.8. The van der Waals surface area contributed by atoms with Gasteiger partial charge in [0, 0.05) is 4.90 Å². The molecule has 0 saturated carbocycles. The maximum Gasteiger partial charge on any atom is 0.316 e. The number of para-hydroxylation sites is 2. The maximum atomic E-state index is 11.9. The first kappa shape index (κ1) is 19.1. The molecule has 27 heavy (non-hydrogen) atoms. The average molecular weight is 387 g/mol. The Kier molecular flexibility index (Phi) is 6.59. The van der Waals surface area contributed by atoms with Crippen LogP contribution in [0.25, 0.3) is 0 Å². The standard InChI is InChI=1S/C20H21NO5S/c1-14-6-2-5-9-18(14)27-13-20(23)25-12-19(22)21-10-15-11-24-16-7-3-4-8-17(16)26-15/h2-9,15H,10-13H2,1H3,(H,21,22)/t15-/m1/s1. The van der Waals surface area contributed by atoms with E-state index in [0.717, 1.165) is 10.5 Å². The first-order valence-electron chi connectivity index (χ1n) is 8.61. The summed E-state index contributed by atoms with van der Waals surface area (Å²) in [6.45, 7) is 2.31. The van der Waals surface area contributed by atoms with E-state index in [0.29, 0.717) is 18.1 Å². The fourth-order valence-corrected chi connectivity index (χ4v) is 3.31. The van der Waals surface area contributed by atoms with Crippen molar-refractivity contribution in [1.29, 1.82) is 0 Å². The minimum atomic E-state index is -0.426. The highest BCUT2D eigenvalue weighted by atomic mass is 32.2. The van der Waals surface area contributed by atoms with Crippen molar-refractivity contribution in [2.75, 3.05) is 25.5 Å². The minimum absolute atomic E-state index is 0.161. The molecule has 0 fully saturated rings. The first-order valence-corrected chi connectivity index (χ1v) is 9.59. The summed E-state index contributed by atoms with van der Waals surface area (Å²) in [7, 11) is 0. The van der Waals surface area contributed by atoms with Crippen molar-refractivity contribution in [3.63, 3.8) is 0 Å². The van der Waals surface area contributed by atoms with Crippen LogP contribution in [0.3, 0.4) is 0 Å². The van der Waals surface area contributed by atoms with E-state index < -0.39 is 5.97 Å². The number of fused-ring (bicyclic) bond motifs is 1. The van der Waals surface area contributed by atoms with Crippen molar-refractivity contribution in [1.82, 2.24) is 5.32 Å². The zero-order valence-electron chi connectivity index (χ0n) is 15.0. The van der Waals surface area contributed by atoms with Crippen molar-refractivity contribution in [3.05, 3.63) is 54.1 Å². The Morgan fingerprint density at radius 3 is 2.70 bits per heavy atom. The summed E-state index contributed by atoms with van der Waals surface area (Å²) < 4.78 is 16.4. The normalized spacial score (nSPS) is 15.1. The second-order valence-electron chi connectivity index (χ2n) is 6.02. The highest BCUT2D eigenvalue weighted by Gasteiger charge is 2.21. The van der Waals surface area contributed by atoms with Crippen LogP contribution < -0.4 is 14.8 Å². The van der Waals surface area contributed by atoms with Gasteiger partial charge >= 0.3 is 5.97 Å². The number of amides is 1. The van der Waals surface area contributed by atoms with Crippen LogP contribution in [0.4, 0.5) is 0 Å². The van der Waals surface area contributed by atoms with E-state index in [9.17, 15) is 9.59 Å². The number of carbonyl (C=O) groups excluding carboxylic acids is 2. The van der Waals surface area contributed by atoms with Crippen LogP contribution in [0.15, 0.2) is 53.4 Å². The van der Waals surface area contributed by atoms with Crippen LogP contribution in [-0.4, -0.2) is 43.5 Å². The topological polar surface area (TPSA) is 73.9 Å². The van der Waals surface area contributed by atoms with Gasteiger partial charge in [0.05, 0.1) is 12.3 Å². The molecule has 0 saturated heterocycles. The molecule has 0 aliphatic carbocycles. The van der Waals surface area contributed by atoms with Gasteiger partial charge in [0.25, 0.3) is 5.91 Å². The van der Waals surface area contributed by atoms with Gasteiger partial charge in [0.2, 0.25) is 0 Å². The van der Waals surface area contributed by atoms with Gasteiger partial charge in [0.1, 0.15) is 12.7 Å². The van der Waals surface area contributed by atoms with Crippen molar-refractivity contribution < 1.29 is 23.8 Å². The lowest BCUT2D eigenvalue weighted by atomic mass is 10.2. The number of rotatable bonds is 7. The molecular formula is C20H21NO5S. The van der Waals surface area contributed by atoms with Gasteiger partial charge in [-0.1, -0.05) is 30.3 Å². The monoisotopic (exact) mass is 387 g/mol. The van der Waals surface area contributed by atoms with Gasteiger partial charge in [-0.05, 0) is 30.7 Å². The van der Waals surface area contributed by atoms with Crippen LogP contribution >= 0.6 is 11.8 Å². The van der Waals surface area contributed by atoms with E-state index >= 15 is 0 Å². The van der Waals surface area contributed by atoms with E-state index in [4.69, 9.17) is 14.2 Å². The number of hydrogen-bond acceptors (Lipinski definition) is 6. The maximum absolute atomic E-state index is 11.9. The Morgan fingerprint density at radius 2 is 1.89 bits per heavy atom. The lowest BCUT2D eigenvalue weighted by molar-refractivity contribution is -0.146. The van der Waals surface area contributed by atoms with Gasteiger partial charge in [0.15, 0.2) is 18.1 Å². The van der Waals surface area contributed by atoms with Gasteiger partial charge < -0.3 is 19.5 Å². The second-order valence-corrected chi connectivity index (χ2v) is 7.03. The van der Waals surface area contributed by atoms with E-state index in [2.05, 4.69) is 5.32 Å². The highest BCUT2D eigenvalue weighted by Crippen LogP contribution is 2.30. The number of nitrogens with one attached hydrogen (secondary N) is 1. The lowest BCUT2D eigenvalue weighted by Crippen LogP contribution is -2.42. The molecule has 1 heterocycles. The quantitative estimate of drug-likeness (QED) is 0.582. The summed E-state index contributed by atoms with van der Waals surface area (Å²) in [5.41, 5.74) is 1.10. The molecule has 0 aromatic heterocycles. The first-order chi connectivity index (χ1) is 13.1. The number of benzene rings is 2. The molecule has 3 rings (SSSR count). The Labute approximate surface area is 162 Å². The molecule has 0 radical (unpaired) electrons. The van der Waals surface area contributed by atoms with Crippen molar-refractivity contribution in [2.24, 2.45) is 0 Å². The van der Waals surface area contributed by atoms with Gasteiger partial charge in [-0.25, -0.2) is 0 Å². The predicted octanol–water partition coefficient (Wildman–Crippen LogP) is 2.59. The van der Waals surface area contributed by atoms with Crippen LogP contribution in [0.1, 0.15) is 5.56 Å². The van der Waals surface area contributed by atoms with Crippen LogP contribution in [0, 0.1) is 6.92 Å². The van der Waals surface area contributed by atoms with Crippen LogP contribution in [0.2, 0.25) is 0 Å². The molecule has 142 valence electrons. The number of carbonyl (C=O) groups is 2. The van der Waals surface area contributed by atoms with Crippen LogP contribution in [0.5, 0.6) is 11.5 Å². The summed E-state index contributed by atoms with van der Waals surface area (Å²) in [5, 5.41) is 2.69. The van der Waals surface area contributed by atoms with Crippen molar-refractivity contribution in [3.8, 4) is 11.5 Å². The zero-order chi connectivity index (χ0) is 19.1. The SMILES string of the molecule is Cc1ccccc1SCC(=O)OCC(=O)NC[C@@H]1COc2ccccc2O1. The Hall–Kier alpha value is -2.67. The molecule has 1 N–H and O–H groups in total. The van der Waals surface area contributed by atoms with E-state index in [1.807, 2.05) is 55.5 Å². The van der Waals surface area contributed by atoms with Gasteiger partial charge in [-0.3, -0.25) is 9.59 Å². The third kappa shape index (κ3) is 5.65. The fourth-order valence-electron chi connectivity index (χ4n) is 2.49. The predicted molar refractivity (Wildman–Crippen MR) is 102 cm³/mol. The Bertz CT molecular complexity index is 810. The molecule has 1 atom stereocenters. The van der Waals surface area contributed by atoms with E-state index in [-0.39, 0.29) is 30.9 Å². The summed E-state index contributed by atoms with van der Waals surface area (Å²) in [4.78, 5) is 24.7. The Morgan fingerprint density at radius 1 is 1.15 bits per heavy atom. The molecule has 1 aliphatic rings. The molecule has 1 aliphatic heterocycles.